The van der Waals surface area contributed by atoms with Crippen molar-refractivity contribution in [2.75, 3.05) is 24.2 Å². The minimum absolute atomic E-state index is 0.0779. The monoisotopic (exact) mass is 573 g/mol. The molecule has 1 unspecified atom stereocenters. The Hall–Kier alpha value is -2.43. The molecule has 1 aliphatic heterocycles. The van der Waals surface area contributed by atoms with Gasteiger partial charge in [-0.15, -0.1) is 22.7 Å². The predicted molar refractivity (Wildman–Crippen MR) is 158 cm³/mol. The zero-order valence-electron chi connectivity index (χ0n) is 22.6. The maximum Gasteiger partial charge on any atom is 0.341 e. The zero-order chi connectivity index (χ0) is 27.4. The number of aryl methyl sites for hydroxylation is 1. The third kappa shape index (κ3) is 6.58. The van der Waals surface area contributed by atoms with Gasteiger partial charge in [0, 0.05) is 21.2 Å². The average molecular weight is 574 g/mol. The molecule has 0 spiro atoms. The van der Waals surface area contributed by atoms with E-state index in [-0.39, 0.29) is 36.1 Å². The van der Waals surface area contributed by atoms with Gasteiger partial charge in [0.25, 0.3) is 5.91 Å². The standard InChI is InChI=1S/C28H35N3O4S3/c1-6-18-9-11-20-22(12-18)38-25(24(20)27(34)35-7-2)30-23(32)15-36-28-29-21(13-19-10-8-17(5)37-19)26(33)31(28)14-16(3)4/h8,10,13,16,18H,6-7,9,11-12,14-15H2,1-5H3,(H,30,32). The number of thioether (sulfide) groups is 1. The smallest absolute Gasteiger partial charge is 0.341 e. The number of ether oxygens (including phenoxy) is 1. The van der Waals surface area contributed by atoms with Crippen molar-refractivity contribution in [1.82, 2.24) is 4.90 Å². The van der Waals surface area contributed by atoms with E-state index in [2.05, 4.69) is 17.2 Å². The molecule has 1 atom stereocenters. The Bertz CT molecular complexity index is 1270. The van der Waals surface area contributed by atoms with Gasteiger partial charge >= 0.3 is 5.97 Å². The Morgan fingerprint density at radius 3 is 2.74 bits per heavy atom. The summed E-state index contributed by atoms with van der Waals surface area (Å²) in [5.41, 5.74) is 1.91. The lowest BCUT2D eigenvalue weighted by atomic mass is 9.85. The third-order valence-corrected chi connectivity index (χ3v) is 9.60. The number of amides is 2. The van der Waals surface area contributed by atoms with E-state index in [9.17, 15) is 14.4 Å². The number of esters is 1. The number of rotatable bonds is 9. The highest BCUT2D eigenvalue weighted by atomic mass is 32.2. The average Bonchev–Trinajstić information content (AvgIpc) is 3.53. The first-order valence-corrected chi connectivity index (χ1v) is 15.7. The fraction of sp³-hybridized carbons (Fsp3) is 0.500. The molecule has 0 saturated carbocycles. The first-order chi connectivity index (χ1) is 18.2. The molecule has 2 aromatic rings. The van der Waals surface area contributed by atoms with Crippen LogP contribution in [0.5, 0.6) is 0 Å². The summed E-state index contributed by atoms with van der Waals surface area (Å²) in [6.45, 7) is 10.9. The number of thiophene rings is 2. The van der Waals surface area contributed by atoms with Gasteiger partial charge < -0.3 is 10.1 Å². The lowest BCUT2D eigenvalue weighted by molar-refractivity contribution is -0.123. The number of hydrogen-bond donors (Lipinski definition) is 1. The normalized spacial score (nSPS) is 18.2. The van der Waals surface area contributed by atoms with Crippen LogP contribution in [-0.4, -0.2) is 46.8 Å². The van der Waals surface area contributed by atoms with Crippen LogP contribution in [0.2, 0.25) is 0 Å². The minimum atomic E-state index is -0.379. The van der Waals surface area contributed by atoms with E-state index in [0.717, 1.165) is 36.1 Å². The van der Waals surface area contributed by atoms with Crippen molar-refractivity contribution in [3.63, 3.8) is 0 Å². The van der Waals surface area contributed by atoms with E-state index in [1.807, 2.05) is 39.0 Å². The van der Waals surface area contributed by atoms with E-state index in [4.69, 9.17) is 4.74 Å². The number of nitrogens with zero attached hydrogens (tertiary/aromatic N) is 2. The molecule has 2 aromatic heterocycles. The van der Waals surface area contributed by atoms with Gasteiger partial charge in [0.2, 0.25) is 5.91 Å². The summed E-state index contributed by atoms with van der Waals surface area (Å²) in [6.07, 6.45) is 5.70. The van der Waals surface area contributed by atoms with Crippen LogP contribution in [0.15, 0.2) is 22.8 Å². The van der Waals surface area contributed by atoms with Gasteiger partial charge in [-0.1, -0.05) is 39.0 Å². The first kappa shape index (κ1) is 28.6. The van der Waals surface area contributed by atoms with Crippen molar-refractivity contribution in [2.45, 2.75) is 60.3 Å². The van der Waals surface area contributed by atoms with Gasteiger partial charge in [-0.25, -0.2) is 9.79 Å². The minimum Gasteiger partial charge on any atom is -0.462 e. The Labute approximate surface area is 236 Å². The lowest BCUT2D eigenvalue weighted by Crippen LogP contribution is -2.34. The Morgan fingerprint density at radius 1 is 1.29 bits per heavy atom. The van der Waals surface area contributed by atoms with E-state index in [0.29, 0.717) is 33.9 Å². The van der Waals surface area contributed by atoms with Crippen LogP contribution >= 0.6 is 34.4 Å². The zero-order valence-corrected chi connectivity index (χ0v) is 25.0. The van der Waals surface area contributed by atoms with Crippen molar-refractivity contribution < 1.29 is 19.1 Å². The van der Waals surface area contributed by atoms with Gasteiger partial charge in [0.05, 0.1) is 17.9 Å². The molecule has 2 aliphatic rings. The number of fused-ring (bicyclic) bond motifs is 1. The van der Waals surface area contributed by atoms with Crippen LogP contribution in [-0.2, 0) is 27.2 Å². The van der Waals surface area contributed by atoms with E-state index in [1.54, 1.807) is 23.2 Å². The predicted octanol–water partition coefficient (Wildman–Crippen LogP) is 6.38. The van der Waals surface area contributed by atoms with Crippen LogP contribution < -0.4 is 5.32 Å². The first-order valence-electron chi connectivity index (χ1n) is 13.1. The Kier molecular flexibility index (Phi) is 9.49. The summed E-state index contributed by atoms with van der Waals surface area (Å²) >= 11 is 4.34. The fourth-order valence-corrected chi connectivity index (χ4v) is 7.62. The number of aliphatic imine (C=N–C) groups is 1. The molecule has 38 heavy (non-hydrogen) atoms. The summed E-state index contributed by atoms with van der Waals surface area (Å²) in [6, 6.07) is 3.99. The van der Waals surface area contributed by atoms with Gasteiger partial charge in [-0.2, -0.15) is 0 Å². The molecule has 1 aliphatic carbocycles. The molecule has 3 heterocycles. The fourth-order valence-electron chi connectivity index (χ4n) is 4.64. The van der Waals surface area contributed by atoms with E-state index < -0.39 is 0 Å². The number of carbonyl (C=O) groups excluding carboxylic acids is 3. The van der Waals surface area contributed by atoms with Crippen molar-refractivity contribution >= 4 is 68.5 Å². The second-order valence-corrected chi connectivity index (χ2v) is 13.3. The van der Waals surface area contributed by atoms with Crippen LogP contribution in [0.1, 0.15) is 71.1 Å². The molecule has 0 fully saturated rings. The van der Waals surface area contributed by atoms with Gasteiger partial charge in [-0.05, 0) is 68.7 Å². The number of anilines is 1. The summed E-state index contributed by atoms with van der Waals surface area (Å²) < 4.78 is 5.34. The number of hydrogen-bond acceptors (Lipinski definition) is 8. The quantitative estimate of drug-likeness (QED) is 0.278. The number of carbonyl (C=O) groups is 3. The van der Waals surface area contributed by atoms with Crippen molar-refractivity contribution in [2.24, 2.45) is 16.8 Å². The molecule has 0 bridgehead atoms. The topological polar surface area (TPSA) is 88.1 Å². The largest absolute Gasteiger partial charge is 0.462 e. The highest BCUT2D eigenvalue weighted by molar-refractivity contribution is 8.14. The second-order valence-electron chi connectivity index (χ2n) is 9.96. The number of nitrogens with one attached hydrogen (secondary N) is 1. The Balaban J connectivity index is 1.50. The Morgan fingerprint density at radius 2 is 2.08 bits per heavy atom. The molecule has 0 aromatic carbocycles. The second kappa shape index (κ2) is 12.6. The summed E-state index contributed by atoms with van der Waals surface area (Å²) in [5.74, 6) is 0.161. The molecule has 4 rings (SSSR count). The number of amidine groups is 1. The summed E-state index contributed by atoms with van der Waals surface area (Å²) in [5, 5.41) is 4.06. The van der Waals surface area contributed by atoms with Crippen molar-refractivity contribution in [3.05, 3.63) is 43.6 Å². The summed E-state index contributed by atoms with van der Waals surface area (Å²) in [4.78, 5) is 48.6. The van der Waals surface area contributed by atoms with E-state index in [1.165, 1.54) is 32.9 Å². The van der Waals surface area contributed by atoms with E-state index >= 15 is 0 Å². The molecule has 10 heteroatoms. The lowest BCUT2D eigenvalue weighted by Gasteiger charge is -2.21. The molecule has 0 saturated heterocycles. The van der Waals surface area contributed by atoms with Crippen LogP contribution in [0, 0.1) is 18.8 Å². The maximum absolute atomic E-state index is 13.1. The third-order valence-electron chi connectivity index (χ3n) is 6.51. The van der Waals surface area contributed by atoms with Crippen LogP contribution in [0.25, 0.3) is 6.08 Å². The SMILES string of the molecule is CCOC(=O)c1c(NC(=O)CSC2=NC(=Cc3ccc(C)s3)C(=O)N2CC(C)C)sc2c1CCC(CC)C2. The molecule has 0 radical (unpaired) electrons. The molecule has 2 amide bonds. The molecule has 204 valence electrons. The van der Waals surface area contributed by atoms with Gasteiger partial charge in [-0.3, -0.25) is 14.5 Å². The molecule has 1 N–H and O–H groups in total. The summed E-state index contributed by atoms with van der Waals surface area (Å²) in [7, 11) is 0. The van der Waals surface area contributed by atoms with Crippen molar-refractivity contribution in [3.8, 4) is 0 Å². The van der Waals surface area contributed by atoms with Gasteiger partial charge in [0.15, 0.2) is 5.17 Å². The highest BCUT2D eigenvalue weighted by Crippen LogP contribution is 2.41. The highest BCUT2D eigenvalue weighted by Gasteiger charge is 2.33. The molecular formula is C28H35N3O4S3. The van der Waals surface area contributed by atoms with Crippen molar-refractivity contribution in [1.29, 1.82) is 0 Å². The molecular weight excluding hydrogens is 539 g/mol. The van der Waals surface area contributed by atoms with Crippen LogP contribution in [0.3, 0.4) is 0 Å². The maximum atomic E-state index is 13.1. The van der Waals surface area contributed by atoms with Gasteiger partial charge in [0.1, 0.15) is 10.7 Å². The molecule has 7 nitrogen and oxygen atoms in total. The van der Waals surface area contributed by atoms with Crippen LogP contribution in [0.4, 0.5) is 5.00 Å².